The zero-order chi connectivity index (χ0) is 56.3. The quantitative estimate of drug-likeness (QED) is 0.0359. The lowest BCUT2D eigenvalue weighted by Gasteiger charge is -2.33. The number of Topliss-reactive ketones (excluding diaryl/α,β-unsaturated/α-hetero) is 1. The molecule has 23 heteroatoms. The van der Waals surface area contributed by atoms with Crippen molar-refractivity contribution in [1.29, 1.82) is 0 Å². The number of aliphatic carboxylic acids is 1. The number of unbranched alkanes of at least 4 members (excludes halogenated alkanes) is 1. The van der Waals surface area contributed by atoms with Gasteiger partial charge in [0.15, 0.2) is 0 Å². The number of aliphatic hydroxyl groups excluding tert-OH is 1. The van der Waals surface area contributed by atoms with Gasteiger partial charge in [0.1, 0.15) is 30.0 Å². The maximum Gasteiger partial charge on any atom is 0.303 e. The third-order valence-corrected chi connectivity index (χ3v) is 15.4. The van der Waals surface area contributed by atoms with Crippen molar-refractivity contribution in [1.82, 2.24) is 46.6 Å². The fourth-order valence-corrected chi connectivity index (χ4v) is 11.0. The highest BCUT2D eigenvalue weighted by molar-refractivity contribution is 6.13. The number of aliphatic hydroxyl groups is 1. The van der Waals surface area contributed by atoms with Gasteiger partial charge >= 0.3 is 5.97 Å². The molecule has 23 nitrogen and oxygen atoms in total. The van der Waals surface area contributed by atoms with Crippen LogP contribution in [0.2, 0.25) is 0 Å². The van der Waals surface area contributed by atoms with E-state index in [1.165, 1.54) is 52.9 Å². The Hall–Kier alpha value is -6.36. The van der Waals surface area contributed by atoms with E-state index in [-0.39, 0.29) is 84.9 Å². The Balaban J connectivity index is 1.21. The molecule has 426 valence electrons. The van der Waals surface area contributed by atoms with Gasteiger partial charge in [0.05, 0.1) is 19.2 Å². The van der Waals surface area contributed by atoms with Crippen LogP contribution in [0.4, 0.5) is 0 Å². The summed E-state index contributed by atoms with van der Waals surface area (Å²) in [5, 5.41) is 36.2. The third kappa shape index (κ3) is 19.3. The van der Waals surface area contributed by atoms with Crippen molar-refractivity contribution in [2.75, 3.05) is 39.3 Å². The Labute approximate surface area is 450 Å². The lowest BCUT2D eigenvalue weighted by molar-refractivity contribution is -0.143. The summed E-state index contributed by atoms with van der Waals surface area (Å²) in [5.74, 6) is -6.85. The van der Waals surface area contributed by atoms with Crippen LogP contribution in [0.5, 0.6) is 0 Å². The van der Waals surface area contributed by atoms with Gasteiger partial charge in [0.25, 0.3) is 23.6 Å². The fourth-order valence-electron chi connectivity index (χ4n) is 11.0. The Morgan fingerprint density at radius 2 is 1.22 bits per heavy atom. The number of ketones is 1. The van der Waals surface area contributed by atoms with Crippen LogP contribution < -0.4 is 31.9 Å². The number of amides is 10. The van der Waals surface area contributed by atoms with Crippen LogP contribution in [0.15, 0.2) is 24.3 Å². The molecule has 0 aromatic rings. The van der Waals surface area contributed by atoms with E-state index in [2.05, 4.69) is 31.9 Å². The van der Waals surface area contributed by atoms with Gasteiger partial charge in [-0.2, -0.15) is 0 Å². The van der Waals surface area contributed by atoms with Crippen LogP contribution >= 0.6 is 0 Å². The topological polar surface area (TPSA) is 327 Å². The van der Waals surface area contributed by atoms with Crippen LogP contribution in [0, 0.1) is 29.6 Å². The SMILES string of the molecule is CC(=O)CNC(=O)CNC(=O)C(NC(=O)C(CCC(=O)O)NC(=O)C1CCCN1C(=O)C(CC(C)C)NC(=O)C(CCCCNC1CCC(CN2C(=O)C=CC2=O)CC1)CC1CCC(CN2C(=O)C=CC2=O)CC1)C(C)O. The van der Waals surface area contributed by atoms with Gasteiger partial charge < -0.3 is 47.0 Å². The Morgan fingerprint density at radius 3 is 1.77 bits per heavy atom. The van der Waals surface area contributed by atoms with Crippen LogP contribution in [0.1, 0.15) is 137 Å². The van der Waals surface area contributed by atoms with E-state index >= 15 is 0 Å². The monoisotopic (exact) mass is 1080 g/mol. The molecule has 10 amide bonds. The van der Waals surface area contributed by atoms with Crippen LogP contribution in [-0.2, 0) is 57.5 Å². The van der Waals surface area contributed by atoms with Crippen molar-refractivity contribution >= 4 is 70.8 Å². The van der Waals surface area contributed by atoms with E-state index in [0.29, 0.717) is 38.4 Å². The molecule has 3 fully saturated rings. The maximum atomic E-state index is 14.6. The molecule has 0 aromatic carbocycles. The molecule has 0 aromatic heterocycles. The first-order valence-corrected chi connectivity index (χ1v) is 27.6. The average Bonchev–Trinajstić information content (AvgIpc) is 4.10. The van der Waals surface area contributed by atoms with Crippen molar-refractivity contribution in [2.45, 2.75) is 173 Å². The van der Waals surface area contributed by atoms with Crippen LogP contribution in [-0.4, -0.2) is 171 Å². The summed E-state index contributed by atoms with van der Waals surface area (Å²) in [6.45, 7) is 7.12. The number of carbonyl (C=O) groups excluding carboxylic acids is 11. The summed E-state index contributed by atoms with van der Waals surface area (Å²) >= 11 is 0. The molecule has 0 bridgehead atoms. The van der Waals surface area contributed by atoms with Gasteiger partial charge in [-0.15, -0.1) is 0 Å². The van der Waals surface area contributed by atoms with Crippen molar-refractivity contribution in [2.24, 2.45) is 29.6 Å². The number of nitrogens with one attached hydrogen (secondary N) is 6. The fraction of sp³-hybridized carbons (Fsp3) is 0.704. The smallest absolute Gasteiger partial charge is 0.303 e. The minimum Gasteiger partial charge on any atom is -0.481 e. The van der Waals surface area contributed by atoms with E-state index in [1.807, 2.05) is 13.8 Å². The minimum absolute atomic E-state index is 0.0566. The predicted molar refractivity (Wildman–Crippen MR) is 278 cm³/mol. The number of imide groups is 2. The maximum absolute atomic E-state index is 14.6. The van der Waals surface area contributed by atoms with Crippen molar-refractivity contribution < 1.29 is 67.7 Å². The minimum atomic E-state index is -1.63. The molecule has 6 unspecified atom stereocenters. The van der Waals surface area contributed by atoms with Gasteiger partial charge in [-0.05, 0) is 128 Å². The Kier molecular flexibility index (Phi) is 23.9. The zero-order valence-electron chi connectivity index (χ0n) is 45.1. The van der Waals surface area contributed by atoms with Crippen molar-refractivity contribution in [3.63, 3.8) is 0 Å². The molecule has 3 aliphatic heterocycles. The first-order chi connectivity index (χ1) is 36.6. The summed E-state index contributed by atoms with van der Waals surface area (Å²) in [5.41, 5.74) is 0. The summed E-state index contributed by atoms with van der Waals surface area (Å²) in [4.78, 5) is 158. The normalized spacial score (nSPS) is 23.4. The van der Waals surface area contributed by atoms with Crippen LogP contribution in [0.3, 0.4) is 0 Å². The second-order valence-electron chi connectivity index (χ2n) is 22.0. The van der Waals surface area contributed by atoms with E-state index in [0.717, 1.165) is 70.8 Å². The standard InChI is InChI=1S/C54H81N9O14/c1-32(2)26-41(54(77)61-25-7-9-42(61)52(75)58-40(18-23-48(71)72)51(74)60-49(34(4)65)53(76)57-29-43(66)56-28-33(3)64)59-50(73)38(27-35-10-12-36(13-11-35)30-62-44(67)19-20-45(62)68)8-5-6-24-55-39-16-14-37(15-17-39)31-63-46(69)21-22-47(63)70/h19-22,32,34-42,49,55,65H,5-18,23-31H2,1-4H3,(H,56,66)(H,57,76)(H,58,75)(H,59,73)(H,60,74)(H,71,72). The van der Waals surface area contributed by atoms with Crippen molar-refractivity contribution in [3.8, 4) is 0 Å². The lowest BCUT2D eigenvalue weighted by atomic mass is 9.76. The number of carboxylic acids is 1. The summed E-state index contributed by atoms with van der Waals surface area (Å²) in [6.07, 6.45) is 13.0. The highest BCUT2D eigenvalue weighted by Gasteiger charge is 2.41. The van der Waals surface area contributed by atoms with E-state index in [1.54, 1.807) is 0 Å². The van der Waals surface area contributed by atoms with Gasteiger partial charge in [-0.1, -0.05) is 33.1 Å². The highest BCUT2D eigenvalue weighted by atomic mass is 16.4. The molecule has 2 aliphatic carbocycles. The number of carbonyl (C=O) groups is 12. The van der Waals surface area contributed by atoms with Gasteiger partial charge in [0.2, 0.25) is 35.4 Å². The van der Waals surface area contributed by atoms with Gasteiger partial charge in [0, 0.05) is 62.3 Å². The number of rotatable bonds is 30. The molecule has 77 heavy (non-hydrogen) atoms. The number of hydrogen-bond acceptors (Lipinski definition) is 14. The molecule has 8 N–H and O–H groups in total. The molecule has 1 saturated heterocycles. The lowest BCUT2D eigenvalue weighted by Crippen LogP contribution is -2.60. The van der Waals surface area contributed by atoms with E-state index in [9.17, 15) is 67.7 Å². The summed E-state index contributed by atoms with van der Waals surface area (Å²) < 4.78 is 0. The van der Waals surface area contributed by atoms with E-state index < -0.39 is 91.1 Å². The third-order valence-electron chi connectivity index (χ3n) is 15.4. The molecule has 5 aliphatic rings. The molecule has 3 heterocycles. The first kappa shape index (κ1) is 61.5. The second-order valence-corrected chi connectivity index (χ2v) is 22.0. The van der Waals surface area contributed by atoms with Gasteiger partial charge in [-0.25, -0.2) is 0 Å². The molecule has 5 rings (SSSR count). The number of hydrogen-bond donors (Lipinski definition) is 8. The average molecular weight is 1080 g/mol. The Bertz CT molecular complexity index is 2200. The Morgan fingerprint density at radius 1 is 0.649 bits per heavy atom. The predicted octanol–water partition coefficient (Wildman–Crippen LogP) is 0.526. The zero-order valence-corrected chi connectivity index (χ0v) is 45.1. The highest BCUT2D eigenvalue weighted by Crippen LogP contribution is 2.35. The largest absolute Gasteiger partial charge is 0.481 e. The molecule has 6 atom stereocenters. The number of carboxylic acid groups (broad SMARTS) is 1. The van der Waals surface area contributed by atoms with Crippen LogP contribution in [0.25, 0.3) is 0 Å². The summed E-state index contributed by atoms with van der Waals surface area (Å²) in [6, 6.07) is -4.96. The van der Waals surface area contributed by atoms with E-state index in [4.69, 9.17) is 0 Å². The molecular weight excluding hydrogens is 999 g/mol. The second kappa shape index (κ2) is 30.0. The molecular formula is C54H81N9O14. The number of nitrogens with zero attached hydrogens (tertiary/aromatic N) is 3. The number of likely N-dealkylation sites (tertiary alicyclic amines) is 1. The van der Waals surface area contributed by atoms with Crippen molar-refractivity contribution in [3.05, 3.63) is 24.3 Å². The van der Waals surface area contributed by atoms with Gasteiger partial charge in [-0.3, -0.25) is 67.3 Å². The molecule has 0 spiro atoms. The summed E-state index contributed by atoms with van der Waals surface area (Å²) in [7, 11) is 0. The first-order valence-electron chi connectivity index (χ1n) is 27.6. The molecule has 0 radical (unpaired) electrons. The molecule has 2 saturated carbocycles.